The normalized spacial score (nSPS) is 27.8. The van der Waals surface area contributed by atoms with Gasteiger partial charge in [-0.2, -0.15) is 0 Å². The molecule has 2 heterocycles. The van der Waals surface area contributed by atoms with E-state index in [2.05, 4.69) is 4.98 Å². The van der Waals surface area contributed by atoms with Crippen molar-refractivity contribution in [3.05, 3.63) is 23.9 Å². The predicted molar refractivity (Wildman–Crippen MR) is 107 cm³/mol. The Bertz CT molecular complexity index is 721. The molecule has 2 aliphatic carbocycles. The molecule has 2 saturated carbocycles. The maximum Gasteiger partial charge on any atom is 0.256 e. The monoisotopic (exact) mass is 387 g/mol. The highest BCUT2D eigenvalue weighted by Gasteiger charge is 2.42. The molecule has 5 nitrogen and oxygen atoms in total. The molecule has 1 aliphatic heterocycles. The molecule has 2 amide bonds. The lowest BCUT2D eigenvalue weighted by molar-refractivity contribution is -0.138. The van der Waals surface area contributed by atoms with Gasteiger partial charge < -0.3 is 9.80 Å². The van der Waals surface area contributed by atoms with E-state index in [1.807, 2.05) is 35.2 Å². The predicted octanol–water partition coefficient (Wildman–Crippen LogP) is 3.30. The second-order valence-electron chi connectivity index (χ2n) is 8.32. The summed E-state index contributed by atoms with van der Waals surface area (Å²) in [5.41, 5.74) is 0.718. The van der Waals surface area contributed by atoms with Crippen molar-refractivity contribution in [2.45, 2.75) is 49.6 Å². The molecule has 0 N–H and O–H groups in total. The fourth-order valence-corrected chi connectivity index (χ4v) is 5.51. The van der Waals surface area contributed by atoms with E-state index in [-0.39, 0.29) is 11.8 Å². The molecule has 0 unspecified atom stereocenters. The molecule has 3 aliphatic rings. The molecule has 6 heteroatoms. The van der Waals surface area contributed by atoms with E-state index in [4.69, 9.17) is 0 Å². The van der Waals surface area contributed by atoms with Gasteiger partial charge in [0.05, 0.1) is 5.56 Å². The average molecular weight is 388 g/mol. The standard InChI is InChI=1S/C21H29N3O2S/c1-23(20(25)14-5-3-6-14)17-11-15-8-10-24(13-16(15)12-17)21(26)18-7-4-9-22-19(18)27-2/h4,7,9,14-17H,3,5-6,8,10-13H2,1-2H3/t15-,16-,17+/m1/s1. The van der Waals surface area contributed by atoms with Crippen molar-refractivity contribution in [1.29, 1.82) is 0 Å². The molecule has 0 spiro atoms. The lowest BCUT2D eigenvalue weighted by atomic mass is 9.84. The van der Waals surface area contributed by atoms with Crippen molar-refractivity contribution in [2.75, 3.05) is 26.4 Å². The number of nitrogens with zero attached hydrogens (tertiary/aromatic N) is 3. The van der Waals surface area contributed by atoms with Gasteiger partial charge in [0, 0.05) is 38.3 Å². The average Bonchev–Trinajstić information content (AvgIpc) is 3.08. The van der Waals surface area contributed by atoms with Gasteiger partial charge in [-0.1, -0.05) is 6.42 Å². The summed E-state index contributed by atoms with van der Waals surface area (Å²) in [7, 11) is 1.99. The van der Waals surface area contributed by atoms with E-state index in [9.17, 15) is 9.59 Å². The highest BCUT2D eigenvalue weighted by molar-refractivity contribution is 7.98. The molecule has 0 bridgehead atoms. The summed E-state index contributed by atoms with van der Waals surface area (Å²) in [6.45, 7) is 1.63. The zero-order valence-corrected chi connectivity index (χ0v) is 17.1. The summed E-state index contributed by atoms with van der Waals surface area (Å²) in [6, 6.07) is 4.07. The van der Waals surface area contributed by atoms with Crippen molar-refractivity contribution < 1.29 is 9.59 Å². The Hall–Kier alpha value is -1.56. The van der Waals surface area contributed by atoms with Gasteiger partial charge in [0.1, 0.15) is 5.03 Å². The second-order valence-corrected chi connectivity index (χ2v) is 9.12. The van der Waals surface area contributed by atoms with E-state index >= 15 is 0 Å². The number of likely N-dealkylation sites (tertiary alicyclic amines) is 1. The van der Waals surface area contributed by atoms with E-state index in [0.29, 0.717) is 23.8 Å². The number of piperidine rings is 1. The van der Waals surface area contributed by atoms with Gasteiger partial charge in [0.2, 0.25) is 5.91 Å². The fraction of sp³-hybridized carbons (Fsp3) is 0.667. The van der Waals surface area contributed by atoms with Gasteiger partial charge >= 0.3 is 0 Å². The molecule has 4 rings (SSSR count). The van der Waals surface area contributed by atoms with E-state index in [1.165, 1.54) is 18.2 Å². The van der Waals surface area contributed by atoms with Gasteiger partial charge in [-0.15, -0.1) is 11.8 Å². The van der Waals surface area contributed by atoms with Crippen LogP contribution in [-0.4, -0.2) is 59.0 Å². The Labute approximate surface area is 165 Å². The van der Waals surface area contributed by atoms with Crippen molar-refractivity contribution >= 4 is 23.6 Å². The van der Waals surface area contributed by atoms with Gasteiger partial charge in [0.15, 0.2) is 0 Å². The molecular formula is C21H29N3O2S. The maximum absolute atomic E-state index is 13.0. The molecule has 146 valence electrons. The third kappa shape index (κ3) is 3.60. The Morgan fingerprint density at radius 3 is 2.70 bits per heavy atom. The lowest BCUT2D eigenvalue weighted by Gasteiger charge is -2.35. The zero-order valence-electron chi connectivity index (χ0n) is 16.3. The van der Waals surface area contributed by atoms with Crippen LogP contribution in [0.25, 0.3) is 0 Å². The number of carbonyl (C=O) groups excluding carboxylic acids is 2. The number of fused-ring (bicyclic) bond motifs is 1. The van der Waals surface area contributed by atoms with Gasteiger partial charge in [-0.25, -0.2) is 4.98 Å². The summed E-state index contributed by atoms with van der Waals surface area (Å²) >= 11 is 1.52. The topological polar surface area (TPSA) is 53.5 Å². The smallest absolute Gasteiger partial charge is 0.256 e. The number of hydrogen-bond acceptors (Lipinski definition) is 4. The van der Waals surface area contributed by atoms with Crippen LogP contribution in [-0.2, 0) is 4.79 Å². The molecular weight excluding hydrogens is 358 g/mol. The van der Waals surface area contributed by atoms with E-state index < -0.39 is 0 Å². The Morgan fingerprint density at radius 2 is 2.00 bits per heavy atom. The first-order valence-electron chi connectivity index (χ1n) is 10.1. The molecule has 27 heavy (non-hydrogen) atoms. The van der Waals surface area contributed by atoms with Crippen molar-refractivity contribution in [3.63, 3.8) is 0 Å². The van der Waals surface area contributed by atoms with Gasteiger partial charge in [-0.05, 0) is 62.3 Å². The van der Waals surface area contributed by atoms with Crippen LogP contribution in [0.3, 0.4) is 0 Å². The fourth-order valence-electron chi connectivity index (χ4n) is 4.96. The summed E-state index contributed by atoms with van der Waals surface area (Å²) in [5.74, 6) is 1.88. The molecule has 0 aromatic carbocycles. The SMILES string of the molecule is CSc1ncccc1C(=O)N1CC[C@@H]2C[C@H](N(C)C(=O)C3CCC3)C[C@@H]2C1. The van der Waals surface area contributed by atoms with E-state index in [0.717, 1.165) is 55.8 Å². The Kier molecular flexibility index (Phi) is 5.44. The number of thioether (sulfide) groups is 1. The minimum Gasteiger partial charge on any atom is -0.343 e. The van der Waals surface area contributed by atoms with Gasteiger partial charge in [-0.3, -0.25) is 9.59 Å². The van der Waals surface area contributed by atoms with Crippen molar-refractivity contribution in [2.24, 2.45) is 17.8 Å². The molecule has 1 aromatic rings. The minimum atomic E-state index is 0.105. The quantitative estimate of drug-likeness (QED) is 0.744. The Balaban J connectivity index is 1.40. The highest BCUT2D eigenvalue weighted by Crippen LogP contribution is 2.41. The van der Waals surface area contributed by atoms with Crippen molar-refractivity contribution in [3.8, 4) is 0 Å². The number of hydrogen-bond donors (Lipinski definition) is 0. The van der Waals surface area contributed by atoms with Crippen LogP contribution in [0.1, 0.15) is 48.9 Å². The maximum atomic E-state index is 13.0. The highest BCUT2D eigenvalue weighted by atomic mass is 32.2. The first kappa shape index (κ1) is 18.8. The zero-order chi connectivity index (χ0) is 19.0. The molecule has 1 aromatic heterocycles. The summed E-state index contributed by atoms with van der Waals surface area (Å²) in [5, 5.41) is 0.805. The molecule has 1 saturated heterocycles. The summed E-state index contributed by atoms with van der Waals surface area (Å²) in [6.07, 6.45) is 10.2. The van der Waals surface area contributed by atoms with Crippen LogP contribution in [0, 0.1) is 17.8 Å². The van der Waals surface area contributed by atoms with Crippen LogP contribution in [0.2, 0.25) is 0 Å². The van der Waals surface area contributed by atoms with Crippen LogP contribution in [0.15, 0.2) is 23.4 Å². The summed E-state index contributed by atoms with van der Waals surface area (Å²) in [4.78, 5) is 34.0. The summed E-state index contributed by atoms with van der Waals surface area (Å²) < 4.78 is 0. The number of aromatic nitrogens is 1. The number of pyridine rings is 1. The van der Waals surface area contributed by atoms with Crippen LogP contribution in [0.4, 0.5) is 0 Å². The number of amides is 2. The minimum absolute atomic E-state index is 0.105. The van der Waals surface area contributed by atoms with Crippen molar-refractivity contribution in [1.82, 2.24) is 14.8 Å². The molecule has 3 fully saturated rings. The number of carbonyl (C=O) groups is 2. The molecule has 0 radical (unpaired) electrons. The van der Waals surface area contributed by atoms with E-state index in [1.54, 1.807) is 6.20 Å². The van der Waals surface area contributed by atoms with Crippen LogP contribution < -0.4 is 0 Å². The first-order valence-corrected chi connectivity index (χ1v) is 11.4. The third-order valence-electron chi connectivity index (χ3n) is 6.87. The lowest BCUT2D eigenvalue weighted by Crippen LogP contribution is -2.42. The van der Waals surface area contributed by atoms with Crippen LogP contribution in [0.5, 0.6) is 0 Å². The largest absolute Gasteiger partial charge is 0.343 e. The third-order valence-corrected chi connectivity index (χ3v) is 7.58. The number of rotatable bonds is 4. The first-order chi connectivity index (χ1) is 13.1. The second kappa shape index (κ2) is 7.82. The molecule has 3 atom stereocenters. The van der Waals surface area contributed by atoms with Gasteiger partial charge in [0.25, 0.3) is 5.91 Å². The van der Waals surface area contributed by atoms with Crippen LogP contribution >= 0.6 is 11.8 Å². The Morgan fingerprint density at radius 1 is 1.22 bits per heavy atom.